The van der Waals surface area contributed by atoms with Crippen LogP contribution in [0.25, 0.3) is 0 Å². The Balaban J connectivity index is 0.000000180. The molecule has 4 aromatic rings. The summed E-state index contributed by atoms with van der Waals surface area (Å²) in [5.74, 6) is 3.91. The van der Waals surface area contributed by atoms with Crippen LogP contribution in [0.5, 0.6) is 23.3 Å². The Morgan fingerprint density at radius 1 is 0.603 bits per heavy atom. The van der Waals surface area contributed by atoms with Crippen molar-refractivity contribution in [1.82, 2.24) is 19.9 Å². The van der Waals surface area contributed by atoms with E-state index in [4.69, 9.17) is 24.7 Å². The third-order valence-corrected chi connectivity index (χ3v) is 15.7. The van der Waals surface area contributed by atoms with Crippen LogP contribution < -0.4 is 34.5 Å². The Labute approximate surface area is 428 Å². The molecule has 8 atom stereocenters. The third kappa shape index (κ3) is 14.3. The fourth-order valence-electron chi connectivity index (χ4n) is 10.9. The van der Waals surface area contributed by atoms with Gasteiger partial charge in [0.25, 0.3) is 11.8 Å². The van der Waals surface area contributed by atoms with Crippen molar-refractivity contribution in [3.05, 3.63) is 83.9 Å². The zero-order chi connectivity index (χ0) is 51.0. The Bertz CT molecular complexity index is 2510. The van der Waals surface area contributed by atoms with Gasteiger partial charge in [0, 0.05) is 63.1 Å². The molecule has 16 heteroatoms. The molecule has 6 fully saturated rings. The van der Waals surface area contributed by atoms with E-state index in [-0.39, 0.29) is 71.1 Å². The molecule has 2 aromatic heterocycles. The highest BCUT2D eigenvalue weighted by Crippen LogP contribution is 2.38. The smallest absolute Gasteiger partial charge is 0.255 e. The van der Waals surface area contributed by atoms with Crippen molar-refractivity contribution in [2.45, 2.75) is 147 Å². The summed E-state index contributed by atoms with van der Waals surface area (Å²) in [6.45, 7) is 9.21. The van der Waals surface area contributed by atoms with Gasteiger partial charge in [-0.2, -0.15) is 18.7 Å². The van der Waals surface area contributed by atoms with Gasteiger partial charge in [-0.3, -0.25) is 9.59 Å². The molecule has 10 rings (SSSR count). The number of hydrogen-bond donors (Lipinski definition) is 1. The number of nitrogens with zero attached hydrogens (tertiary/aromatic N) is 6. The number of benzene rings is 2. The Morgan fingerprint density at radius 2 is 1.04 bits per heavy atom. The lowest BCUT2D eigenvalue weighted by Gasteiger charge is -2.19. The van der Waals surface area contributed by atoms with E-state index in [9.17, 15) is 23.2 Å². The molecule has 2 saturated heterocycles. The van der Waals surface area contributed by atoms with Crippen LogP contribution >= 0.6 is 0 Å². The number of ether oxygens (including phenoxy) is 4. The first-order valence-corrected chi connectivity index (χ1v) is 26.9. The minimum Gasteiger partial charge on any atom is -0.489 e. The van der Waals surface area contributed by atoms with Gasteiger partial charge >= 0.3 is 0 Å². The summed E-state index contributed by atoms with van der Waals surface area (Å²) in [4.78, 5) is 56.9. The van der Waals surface area contributed by atoms with Gasteiger partial charge < -0.3 is 39.3 Å². The van der Waals surface area contributed by atoms with Crippen LogP contribution in [0.2, 0.25) is 0 Å². The van der Waals surface area contributed by atoms with E-state index >= 15 is 0 Å². The lowest BCUT2D eigenvalue weighted by atomic mass is 9.89. The van der Waals surface area contributed by atoms with Crippen molar-refractivity contribution in [2.24, 2.45) is 35.3 Å². The highest BCUT2D eigenvalue weighted by atomic mass is 19.1. The molecule has 392 valence electrons. The zero-order valence-electron chi connectivity index (χ0n) is 42.8. The topological polar surface area (TPSA) is 172 Å². The Morgan fingerprint density at radius 3 is 1.47 bits per heavy atom. The van der Waals surface area contributed by atoms with Crippen molar-refractivity contribution < 1.29 is 42.1 Å². The predicted molar refractivity (Wildman–Crippen MR) is 273 cm³/mol. The van der Waals surface area contributed by atoms with Crippen LogP contribution in [0, 0.1) is 41.2 Å². The molecule has 73 heavy (non-hydrogen) atoms. The van der Waals surface area contributed by atoms with E-state index < -0.39 is 11.6 Å². The van der Waals surface area contributed by atoms with E-state index in [1.165, 1.54) is 12.7 Å². The number of anilines is 2. The number of hydrogen-bond acceptors (Lipinski definition) is 14. The maximum atomic E-state index is 15.0. The summed E-state index contributed by atoms with van der Waals surface area (Å²) in [6, 6.07) is 16.1. The molecular formula is C57H73F2N7O7. The molecule has 0 amide bonds. The first-order chi connectivity index (χ1) is 35.3. The average molecular weight is 1010 g/mol. The standard InChI is InChI=1S/C30H38FN3O4.C27H35FN4O3/c1-19(13-27(36)24-6-5-22(15-24)14-20(2)35)23-7-9-25(10-8-23)38-26-11-12-34(16-26)29-28(31)30(33-18-32-29)37-17-21-3-4-21;1-17(12-24(33)20-4-7-21(29)13-20)19-5-8-22(9-6-19)35-23-10-11-32(14-23)26-25(28)27(31-16-30-26)34-15-18-2-3-18/h7-10,18-19,21-22,24,26H,3-6,11-17H2,1-2H3;5-6,8-9,16-18,20-21,23H,2-4,7,10-15,29H2,1H3/t19-,22+,24+,26?;17-,20+,21-,23?/m11/s1. The summed E-state index contributed by atoms with van der Waals surface area (Å²) < 4.78 is 53.4. The van der Waals surface area contributed by atoms with Crippen molar-refractivity contribution in [2.75, 3.05) is 49.2 Å². The van der Waals surface area contributed by atoms with E-state index in [1.807, 2.05) is 58.3 Å². The number of rotatable bonds is 22. The number of nitrogens with two attached hydrogens (primary N) is 1. The van der Waals surface area contributed by atoms with Crippen molar-refractivity contribution in [3.63, 3.8) is 0 Å². The second kappa shape index (κ2) is 24.1. The molecule has 0 bridgehead atoms. The third-order valence-electron chi connectivity index (χ3n) is 15.7. The van der Waals surface area contributed by atoms with Gasteiger partial charge in [0.05, 0.1) is 26.3 Å². The van der Waals surface area contributed by atoms with Crippen LogP contribution in [0.3, 0.4) is 0 Å². The SMILES string of the molecule is CC(=O)C[C@@H]1CC[C@H](C(=O)C[C@@H](C)c2ccc(OC3CCN(c4ncnc(OCC5CC5)c4F)C3)cc2)C1.C[C@H](CC(=O)[C@H]1CC[C@@H](N)C1)c1ccc(OC2CCN(c3ncnc(OCC4CC4)c3F)C2)cc1. The zero-order valence-corrected chi connectivity index (χ0v) is 42.8. The summed E-state index contributed by atoms with van der Waals surface area (Å²) >= 11 is 0. The fourth-order valence-corrected chi connectivity index (χ4v) is 10.9. The highest BCUT2D eigenvalue weighted by molar-refractivity contribution is 5.83. The van der Waals surface area contributed by atoms with Crippen LogP contribution in [0.1, 0.15) is 140 Å². The second-order valence-electron chi connectivity index (χ2n) is 21.9. The molecule has 2 aliphatic heterocycles. The van der Waals surface area contributed by atoms with Crippen LogP contribution in [0.15, 0.2) is 61.2 Å². The summed E-state index contributed by atoms with van der Waals surface area (Å²) in [6.07, 6.45) is 15.8. The highest BCUT2D eigenvalue weighted by Gasteiger charge is 2.34. The van der Waals surface area contributed by atoms with E-state index in [0.29, 0.717) is 88.0 Å². The monoisotopic (exact) mass is 1010 g/mol. The minimum atomic E-state index is -0.506. The molecule has 4 saturated carbocycles. The summed E-state index contributed by atoms with van der Waals surface area (Å²) in [5.41, 5.74) is 8.21. The van der Waals surface area contributed by atoms with Gasteiger partial charge in [-0.15, -0.1) is 0 Å². The number of carbonyl (C=O) groups excluding carboxylic acids is 3. The normalized spacial score (nSPS) is 24.4. The van der Waals surface area contributed by atoms with E-state index in [2.05, 4.69) is 33.8 Å². The molecule has 4 aliphatic carbocycles. The second-order valence-corrected chi connectivity index (χ2v) is 21.9. The largest absolute Gasteiger partial charge is 0.489 e. The van der Waals surface area contributed by atoms with Gasteiger partial charge in [0.15, 0.2) is 11.6 Å². The number of Topliss-reactive ketones (excluding diaryl/α,β-unsaturated/α-hetero) is 3. The number of carbonyl (C=O) groups is 3. The maximum absolute atomic E-state index is 15.0. The molecule has 0 radical (unpaired) electrons. The number of ketones is 3. The van der Waals surface area contributed by atoms with Gasteiger partial charge in [-0.25, -0.2) is 9.97 Å². The molecule has 2 N–H and O–H groups in total. The fraction of sp³-hybridized carbons (Fsp3) is 0.596. The molecule has 2 unspecified atom stereocenters. The molecule has 2 aromatic carbocycles. The molecule has 4 heterocycles. The van der Waals surface area contributed by atoms with Crippen LogP contribution in [-0.4, -0.2) is 94.9 Å². The van der Waals surface area contributed by atoms with Crippen LogP contribution in [-0.2, 0) is 14.4 Å². The Hall–Kier alpha value is -5.77. The first kappa shape index (κ1) is 52.1. The van der Waals surface area contributed by atoms with Crippen molar-refractivity contribution in [1.29, 1.82) is 0 Å². The van der Waals surface area contributed by atoms with E-state index in [1.54, 1.807) is 6.92 Å². The van der Waals surface area contributed by atoms with Gasteiger partial charge in [0.1, 0.15) is 53.7 Å². The quantitative estimate of drug-likeness (QED) is 0.0789. The molecule has 0 spiro atoms. The van der Waals surface area contributed by atoms with Crippen LogP contribution in [0.4, 0.5) is 20.4 Å². The predicted octanol–water partition coefficient (Wildman–Crippen LogP) is 9.77. The minimum absolute atomic E-state index is 0.0262. The van der Waals surface area contributed by atoms with Crippen molar-refractivity contribution >= 4 is 29.0 Å². The van der Waals surface area contributed by atoms with Gasteiger partial charge in [0.2, 0.25) is 11.6 Å². The van der Waals surface area contributed by atoms with Gasteiger partial charge in [-0.05, 0) is 136 Å². The maximum Gasteiger partial charge on any atom is 0.255 e. The average Bonchev–Trinajstić information content (AvgIpc) is 4.14. The summed E-state index contributed by atoms with van der Waals surface area (Å²) in [7, 11) is 0. The molecule has 14 nitrogen and oxygen atoms in total. The lowest BCUT2D eigenvalue weighted by molar-refractivity contribution is -0.124. The Kier molecular flexibility index (Phi) is 17.2. The van der Waals surface area contributed by atoms with E-state index in [0.717, 1.165) is 99.7 Å². The number of aromatic nitrogens is 4. The first-order valence-electron chi connectivity index (χ1n) is 26.9. The van der Waals surface area contributed by atoms with Crippen molar-refractivity contribution in [3.8, 4) is 23.3 Å². The lowest BCUT2D eigenvalue weighted by Crippen LogP contribution is -2.26. The molecular weight excluding hydrogens is 933 g/mol. The summed E-state index contributed by atoms with van der Waals surface area (Å²) in [5, 5.41) is 0. The molecule has 6 aliphatic rings. The number of halogens is 2. The van der Waals surface area contributed by atoms with Gasteiger partial charge in [-0.1, -0.05) is 38.1 Å².